The van der Waals surface area contributed by atoms with Crippen LogP contribution in [-0.4, -0.2) is 30.5 Å². The van der Waals surface area contributed by atoms with Crippen LogP contribution in [0.3, 0.4) is 0 Å². The van der Waals surface area contributed by atoms with E-state index in [1.165, 1.54) is 0 Å². The summed E-state index contributed by atoms with van der Waals surface area (Å²) < 4.78 is 4.77. The molecule has 0 unspecified atom stereocenters. The maximum absolute atomic E-state index is 4.77. The first-order valence-electron chi connectivity index (χ1n) is 1.90. The summed E-state index contributed by atoms with van der Waals surface area (Å²) in [5.74, 6) is 0. The van der Waals surface area contributed by atoms with E-state index in [1.54, 1.807) is 6.92 Å². The Balaban J connectivity index is 0. The summed E-state index contributed by atoms with van der Waals surface area (Å²) in [5, 5.41) is 0.623. The van der Waals surface area contributed by atoms with Gasteiger partial charge in [-0.05, 0) is 19.1 Å². The maximum Gasteiger partial charge on any atom is 0.156 e. The Kier molecular flexibility index (Phi) is 9.70. The van der Waals surface area contributed by atoms with Crippen molar-refractivity contribution < 1.29 is 4.74 Å². The van der Waals surface area contributed by atoms with Crippen LogP contribution in [0.4, 0.5) is 0 Å². The second-order valence-corrected chi connectivity index (χ2v) is 1.50. The average molecular weight is 111 g/mol. The average Bonchev–Trinajstić information content (AvgIpc) is 1.35. The fourth-order valence-electron chi connectivity index (χ4n) is 0.203. The largest absolute Gasteiger partial charge is 0.488 e. The molecular weight excluding hydrogens is 103 g/mol. The van der Waals surface area contributed by atoms with E-state index >= 15 is 0 Å². The summed E-state index contributed by atoms with van der Waals surface area (Å²) >= 11 is 4.57. The Morgan fingerprint density at radius 2 is 2.14 bits per heavy atom. The zero-order valence-electron chi connectivity index (χ0n) is 5.02. The van der Waals surface area contributed by atoms with Gasteiger partial charge in [-0.15, -0.1) is 0 Å². The van der Waals surface area contributed by atoms with Crippen LogP contribution in [0.5, 0.6) is 0 Å². The zero-order valence-corrected chi connectivity index (χ0v) is 5.84. The van der Waals surface area contributed by atoms with Crippen molar-refractivity contribution in [2.45, 2.75) is 13.8 Å². The molecule has 1 nitrogen and oxygen atoms in total. The van der Waals surface area contributed by atoms with Gasteiger partial charge < -0.3 is 4.74 Å². The molecule has 7 heavy (non-hydrogen) atoms. The molecule has 0 bridgehead atoms. The van der Waals surface area contributed by atoms with Crippen molar-refractivity contribution in [3.63, 3.8) is 0 Å². The van der Waals surface area contributed by atoms with Gasteiger partial charge in [0.05, 0.1) is 6.61 Å². The van der Waals surface area contributed by atoms with Gasteiger partial charge in [0, 0.05) is 25.8 Å². The van der Waals surface area contributed by atoms with Crippen LogP contribution in [0.2, 0.25) is 0 Å². The molecule has 0 aliphatic rings. The minimum Gasteiger partial charge on any atom is -0.488 e. The molecule has 0 amide bonds. The molecule has 0 atom stereocenters. The van der Waals surface area contributed by atoms with E-state index in [4.69, 9.17) is 4.74 Å². The van der Waals surface area contributed by atoms with Crippen molar-refractivity contribution in [2.24, 2.45) is 0 Å². The first-order chi connectivity index (χ1) is 2.77. The number of thiocarbonyl (C=S) groups is 1. The summed E-state index contributed by atoms with van der Waals surface area (Å²) in [7, 11) is 0. The molecule has 0 aromatic rings. The third kappa shape index (κ3) is 10.7. The molecule has 0 aliphatic heterocycles. The molecule has 0 saturated heterocycles. The predicted molar refractivity (Wildman–Crippen MR) is 35.7 cm³/mol. The van der Waals surface area contributed by atoms with Gasteiger partial charge in [-0.1, -0.05) is 0 Å². The second-order valence-electron chi connectivity index (χ2n) is 0.925. The molecule has 0 heterocycles. The van der Waals surface area contributed by atoms with Crippen molar-refractivity contribution in [3.05, 3.63) is 0 Å². The van der Waals surface area contributed by atoms with Gasteiger partial charge in [0.2, 0.25) is 0 Å². The van der Waals surface area contributed by atoms with Gasteiger partial charge in [0.15, 0.2) is 5.05 Å². The molecule has 37 valence electrons. The van der Waals surface area contributed by atoms with Crippen molar-refractivity contribution in [3.8, 4) is 0 Å². The van der Waals surface area contributed by atoms with Gasteiger partial charge in [0.25, 0.3) is 0 Å². The van der Waals surface area contributed by atoms with Gasteiger partial charge in [-0.3, -0.25) is 0 Å². The fourth-order valence-corrected chi connectivity index (χ4v) is 0.321. The molecule has 1 radical (unpaired) electrons. The Morgan fingerprint density at radius 3 is 2.14 bits per heavy atom. The van der Waals surface area contributed by atoms with Gasteiger partial charge in [-0.2, -0.15) is 0 Å². The van der Waals surface area contributed by atoms with E-state index in [9.17, 15) is 0 Å². The van der Waals surface area contributed by atoms with Crippen LogP contribution < -0.4 is 0 Å². The van der Waals surface area contributed by atoms with E-state index in [-0.39, 0.29) is 18.9 Å². The van der Waals surface area contributed by atoms with Gasteiger partial charge >= 0.3 is 0 Å². The molecule has 0 aromatic carbocycles. The Bertz CT molecular complexity index is 55.7. The molecule has 0 fully saturated rings. The smallest absolute Gasteiger partial charge is 0.156 e. The van der Waals surface area contributed by atoms with Crippen molar-refractivity contribution in [1.29, 1.82) is 0 Å². The number of ether oxygens (including phenoxy) is 1. The SMILES string of the molecule is CCOC(C)=S.[Li]. The number of rotatable bonds is 1. The summed E-state index contributed by atoms with van der Waals surface area (Å²) in [4.78, 5) is 0. The number of hydrogen-bond acceptors (Lipinski definition) is 2. The van der Waals surface area contributed by atoms with Crippen LogP contribution in [0.25, 0.3) is 0 Å². The summed E-state index contributed by atoms with van der Waals surface area (Å²) in [6.07, 6.45) is 0. The topological polar surface area (TPSA) is 9.23 Å². The third-order valence-electron chi connectivity index (χ3n) is 0.348. The molecule has 0 aromatic heterocycles. The van der Waals surface area contributed by atoms with Crippen LogP contribution >= 0.6 is 12.2 Å². The molecule has 3 heteroatoms. The zero-order chi connectivity index (χ0) is 4.99. The van der Waals surface area contributed by atoms with Gasteiger partial charge in [-0.25, -0.2) is 0 Å². The van der Waals surface area contributed by atoms with E-state index in [1.807, 2.05) is 6.92 Å². The van der Waals surface area contributed by atoms with Crippen molar-refractivity contribution >= 4 is 36.1 Å². The van der Waals surface area contributed by atoms with E-state index < -0.39 is 0 Å². The van der Waals surface area contributed by atoms with Crippen LogP contribution in [0.1, 0.15) is 13.8 Å². The normalized spacial score (nSPS) is 6.57. The fraction of sp³-hybridized carbons (Fsp3) is 0.750. The summed E-state index contributed by atoms with van der Waals surface area (Å²) in [5.41, 5.74) is 0. The Labute approximate surface area is 61.6 Å². The Hall–Kier alpha value is 0.487. The van der Waals surface area contributed by atoms with E-state index in [0.717, 1.165) is 0 Å². The molecule has 0 N–H and O–H groups in total. The van der Waals surface area contributed by atoms with Crippen LogP contribution in [-0.2, 0) is 4.74 Å². The minimum atomic E-state index is 0. The van der Waals surface area contributed by atoms with E-state index in [2.05, 4.69) is 12.2 Å². The first kappa shape index (κ1) is 10.5. The quantitative estimate of drug-likeness (QED) is 0.368. The number of hydrogen-bond donors (Lipinski definition) is 0. The Morgan fingerprint density at radius 1 is 1.71 bits per heavy atom. The maximum atomic E-state index is 4.77. The molecule has 0 aliphatic carbocycles. The minimum absolute atomic E-state index is 0. The van der Waals surface area contributed by atoms with Crippen molar-refractivity contribution in [1.82, 2.24) is 0 Å². The van der Waals surface area contributed by atoms with Crippen LogP contribution in [0.15, 0.2) is 0 Å². The van der Waals surface area contributed by atoms with Crippen LogP contribution in [0, 0.1) is 0 Å². The second kappa shape index (κ2) is 6.49. The van der Waals surface area contributed by atoms with Crippen molar-refractivity contribution in [2.75, 3.05) is 6.61 Å². The molecule has 0 spiro atoms. The predicted octanol–water partition coefficient (Wildman–Crippen LogP) is 0.989. The van der Waals surface area contributed by atoms with E-state index in [0.29, 0.717) is 11.7 Å². The standard InChI is InChI=1S/C4H8OS.Li/c1-3-5-4(2)6;/h3H2,1-2H3;. The monoisotopic (exact) mass is 111 g/mol. The third-order valence-corrected chi connectivity index (χ3v) is 0.465. The first-order valence-corrected chi connectivity index (χ1v) is 2.31. The molecule has 0 saturated carbocycles. The summed E-state index contributed by atoms with van der Waals surface area (Å²) in [6.45, 7) is 4.37. The van der Waals surface area contributed by atoms with Gasteiger partial charge in [0.1, 0.15) is 0 Å². The summed E-state index contributed by atoms with van der Waals surface area (Å²) in [6, 6.07) is 0. The molecular formula is C4H8LiOS. The molecule has 0 rings (SSSR count).